The van der Waals surface area contributed by atoms with Crippen LogP contribution in [0.5, 0.6) is 0 Å². The van der Waals surface area contributed by atoms with Gasteiger partial charge < -0.3 is 15.4 Å². The number of aryl methyl sites for hydroxylation is 2. The third-order valence-electron chi connectivity index (χ3n) is 3.18. The Hall–Kier alpha value is -1.23. The van der Waals surface area contributed by atoms with Crippen LogP contribution < -0.4 is 10.6 Å². The predicted molar refractivity (Wildman–Crippen MR) is 69.2 cm³/mol. The number of morpholine rings is 1. The summed E-state index contributed by atoms with van der Waals surface area (Å²) in [5.41, 5.74) is 7.97. The first-order valence-corrected chi connectivity index (χ1v) is 6.24. The molecule has 96 valence electrons. The lowest BCUT2D eigenvalue weighted by atomic mass is 10.2. The van der Waals surface area contributed by atoms with Gasteiger partial charge in [-0.15, -0.1) is 0 Å². The van der Waals surface area contributed by atoms with Crippen LogP contribution in [0, 0.1) is 0 Å². The molecule has 1 aromatic rings. The number of nitrogens with two attached hydrogens (primary N) is 1. The van der Waals surface area contributed by atoms with Crippen molar-refractivity contribution in [3.8, 4) is 0 Å². The standard InChI is InChI=1S/C12H22N4O/c1-5-10-11(13)12(15(4)14-10)16-6-8(2)17-9(3)7-16/h8-9H,5-7,13H2,1-4H3. The molecule has 1 saturated heterocycles. The highest BCUT2D eigenvalue weighted by Crippen LogP contribution is 2.28. The molecule has 2 N–H and O–H groups in total. The lowest BCUT2D eigenvalue weighted by Gasteiger charge is -2.36. The molecule has 0 bridgehead atoms. The maximum Gasteiger partial charge on any atom is 0.150 e. The summed E-state index contributed by atoms with van der Waals surface area (Å²) >= 11 is 0. The molecule has 5 nitrogen and oxygen atoms in total. The lowest BCUT2D eigenvalue weighted by Crippen LogP contribution is -2.46. The van der Waals surface area contributed by atoms with Crippen molar-refractivity contribution in [2.75, 3.05) is 23.7 Å². The summed E-state index contributed by atoms with van der Waals surface area (Å²) in [4.78, 5) is 2.28. The Morgan fingerprint density at radius 2 is 1.94 bits per heavy atom. The average molecular weight is 238 g/mol. The Morgan fingerprint density at radius 1 is 1.35 bits per heavy atom. The average Bonchev–Trinajstić information content (AvgIpc) is 2.52. The molecule has 0 saturated carbocycles. The molecule has 2 atom stereocenters. The first-order valence-electron chi connectivity index (χ1n) is 6.24. The van der Waals surface area contributed by atoms with Crippen LogP contribution in [0.2, 0.25) is 0 Å². The van der Waals surface area contributed by atoms with Crippen LogP contribution in [0.3, 0.4) is 0 Å². The van der Waals surface area contributed by atoms with Gasteiger partial charge in [-0.25, -0.2) is 0 Å². The first-order chi connectivity index (χ1) is 8.02. The second kappa shape index (κ2) is 4.56. The quantitative estimate of drug-likeness (QED) is 0.840. The van der Waals surface area contributed by atoms with E-state index in [9.17, 15) is 0 Å². The number of rotatable bonds is 2. The van der Waals surface area contributed by atoms with Crippen LogP contribution in [-0.4, -0.2) is 35.1 Å². The topological polar surface area (TPSA) is 56.3 Å². The third-order valence-corrected chi connectivity index (χ3v) is 3.18. The predicted octanol–water partition coefficient (Wildman–Crippen LogP) is 1.18. The Bertz CT molecular complexity index is 391. The number of anilines is 2. The van der Waals surface area contributed by atoms with Gasteiger partial charge in [-0.05, 0) is 20.3 Å². The molecule has 2 unspecified atom stereocenters. The van der Waals surface area contributed by atoms with Crippen LogP contribution in [-0.2, 0) is 18.2 Å². The van der Waals surface area contributed by atoms with E-state index < -0.39 is 0 Å². The molecule has 0 aromatic carbocycles. The van der Waals surface area contributed by atoms with Gasteiger partial charge in [0.05, 0.1) is 23.6 Å². The van der Waals surface area contributed by atoms with Crippen molar-refractivity contribution in [2.24, 2.45) is 7.05 Å². The minimum Gasteiger partial charge on any atom is -0.394 e. The van der Waals surface area contributed by atoms with Crippen LogP contribution in [0.4, 0.5) is 11.5 Å². The summed E-state index contributed by atoms with van der Waals surface area (Å²) in [6, 6.07) is 0. The Morgan fingerprint density at radius 3 is 2.41 bits per heavy atom. The van der Waals surface area contributed by atoms with Crippen molar-refractivity contribution in [2.45, 2.75) is 39.4 Å². The van der Waals surface area contributed by atoms with E-state index in [0.29, 0.717) is 0 Å². The van der Waals surface area contributed by atoms with E-state index in [0.717, 1.165) is 36.7 Å². The zero-order valence-corrected chi connectivity index (χ0v) is 11.1. The molecule has 5 heteroatoms. The molecule has 1 fully saturated rings. The Labute approximate surface area is 103 Å². The first kappa shape index (κ1) is 12.2. The number of ether oxygens (including phenoxy) is 1. The van der Waals surface area contributed by atoms with E-state index in [1.165, 1.54) is 0 Å². The fourth-order valence-electron chi connectivity index (χ4n) is 2.57. The van der Waals surface area contributed by atoms with Crippen molar-refractivity contribution >= 4 is 11.5 Å². The minimum atomic E-state index is 0.234. The van der Waals surface area contributed by atoms with Gasteiger partial charge in [0, 0.05) is 20.1 Å². The van der Waals surface area contributed by atoms with Crippen molar-refractivity contribution in [3.05, 3.63) is 5.69 Å². The van der Waals surface area contributed by atoms with E-state index >= 15 is 0 Å². The molecule has 0 radical (unpaired) electrons. The van der Waals surface area contributed by atoms with Gasteiger partial charge in [-0.2, -0.15) is 5.10 Å². The number of nitrogens with zero attached hydrogens (tertiary/aromatic N) is 3. The van der Waals surface area contributed by atoms with Gasteiger partial charge >= 0.3 is 0 Å². The van der Waals surface area contributed by atoms with Crippen LogP contribution in [0.1, 0.15) is 26.5 Å². The summed E-state index contributed by atoms with van der Waals surface area (Å²) in [5, 5.41) is 4.46. The van der Waals surface area contributed by atoms with Crippen LogP contribution in [0.15, 0.2) is 0 Å². The summed E-state index contributed by atoms with van der Waals surface area (Å²) in [5.74, 6) is 1.03. The van der Waals surface area contributed by atoms with E-state index in [2.05, 4.69) is 30.8 Å². The van der Waals surface area contributed by atoms with Crippen molar-refractivity contribution in [3.63, 3.8) is 0 Å². The largest absolute Gasteiger partial charge is 0.394 e. The smallest absolute Gasteiger partial charge is 0.150 e. The second-order valence-electron chi connectivity index (χ2n) is 4.82. The highest BCUT2D eigenvalue weighted by atomic mass is 16.5. The summed E-state index contributed by atoms with van der Waals surface area (Å²) in [6.45, 7) is 8.01. The Balaban J connectivity index is 2.30. The molecule has 1 aliphatic heterocycles. The molecule has 2 rings (SSSR count). The van der Waals surface area contributed by atoms with Gasteiger partial charge in [0.2, 0.25) is 0 Å². The van der Waals surface area contributed by atoms with Crippen LogP contribution >= 0.6 is 0 Å². The monoisotopic (exact) mass is 238 g/mol. The van der Waals surface area contributed by atoms with Gasteiger partial charge in [0.15, 0.2) is 5.82 Å². The fraction of sp³-hybridized carbons (Fsp3) is 0.750. The van der Waals surface area contributed by atoms with E-state index in [1.807, 2.05) is 11.7 Å². The van der Waals surface area contributed by atoms with E-state index in [4.69, 9.17) is 10.5 Å². The van der Waals surface area contributed by atoms with Gasteiger partial charge in [-0.1, -0.05) is 6.92 Å². The van der Waals surface area contributed by atoms with Crippen molar-refractivity contribution < 1.29 is 4.74 Å². The molecule has 2 heterocycles. The maximum atomic E-state index is 6.17. The highest BCUT2D eigenvalue weighted by Gasteiger charge is 2.26. The van der Waals surface area contributed by atoms with Crippen molar-refractivity contribution in [1.29, 1.82) is 0 Å². The second-order valence-corrected chi connectivity index (χ2v) is 4.82. The normalized spacial score (nSPS) is 25.3. The maximum absolute atomic E-state index is 6.17. The molecule has 0 aliphatic carbocycles. The minimum absolute atomic E-state index is 0.234. The van der Waals surface area contributed by atoms with Gasteiger partial charge in [-0.3, -0.25) is 4.68 Å². The summed E-state index contributed by atoms with van der Waals surface area (Å²) in [7, 11) is 1.95. The van der Waals surface area contributed by atoms with Crippen molar-refractivity contribution in [1.82, 2.24) is 9.78 Å². The molecule has 0 amide bonds. The highest BCUT2D eigenvalue weighted by molar-refractivity contribution is 5.66. The molecule has 1 aromatic heterocycles. The zero-order valence-electron chi connectivity index (χ0n) is 11.1. The number of hydrogen-bond donors (Lipinski definition) is 1. The molecule has 0 spiro atoms. The molecular weight excluding hydrogens is 216 g/mol. The zero-order chi connectivity index (χ0) is 12.6. The number of aromatic nitrogens is 2. The summed E-state index contributed by atoms with van der Waals surface area (Å²) in [6.07, 6.45) is 1.34. The Kier molecular flexibility index (Phi) is 3.28. The number of hydrogen-bond acceptors (Lipinski definition) is 4. The lowest BCUT2D eigenvalue weighted by molar-refractivity contribution is -0.00560. The number of nitrogen functional groups attached to an aromatic ring is 1. The van der Waals surface area contributed by atoms with E-state index in [-0.39, 0.29) is 12.2 Å². The fourth-order valence-corrected chi connectivity index (χ4v) is 2.57. The van der Waals surface area contributed by atoms with Gasteiger partial charge in [0.25, 0.3) is 0 Å². The summed E-state index contributed by atoms with van der Waals surface area (Å²) < 4.78 is 7.63. The molecule has 1 aliphatic rings. The molecular formula is C12H22N4O. The SMILES string of the molecule is CCc1nn(C)c(N2CC(C)OC(C)C2)c1N. The third kappa shape index (κ3) is 2.24. The van der Waals surface area contributed by atoms with Gasteiger partial charge in [0.1, 0.15) is 0 Å². The van der Waals surface area contributed by atoms with E-state index in [1.54, 1.807) is 0 Å². The molecule has 17 heavy (non-hydrogen) atoms. The van der Waals surface area contributed by atoms with Crippen LogP contribution in [0.25, 0.3) is 0 Å².